The highest BCUT2D eigenvalue weighted by Gasteiger charge is 2.23. The Balaban J connectivity index is -0.000000500. The minimum Gasteiger partial charge on any atom is -0.458 e. The Bertz CT molecular complexity index is 166. The number of ether oxygens (including phenoxy) is 1. The lowest BCUT2D eigenvalue weighted by Crippen LogP contribution is -2.45. The summed E-state index contributed by atoms with van der Waals surface area (Å²) in [5.41, 5.74) is 5.17. The van der Waals surface area contributed by atoms with E-state index in [1.54, 1.807) is 20.8 Å². The zero-order chi connectivity index (χ0) is 9.07. The first kappa shape index (κ1) is 18.3. The van der Waals surface area contributed by atoms with Crippen molar-refractivity contribution in [3.63, 3.8) is 0 Å². The van der Waals surface area contributed by atoms with E-state index in [1.165, 1.54) is 0 Å². The number of rotatable bonds is 3. The highest BCUT2D eigenvalue weighted by Crippen LogP contribution is 2.08. The summed E-state index contributed by atoms with van der Waals surface area (Å²) in [5, 5.41) is 0. The minimum absolute atomic E-state index is 0. The predicted octanol–water partition coefficient (Wildman–Crippen LogP) is 1.43. The smallest absolute Gasteiger partial charge is 0.330 e. The third-order valence-corrected chi connectivity index (χ3v) is 1.51. The maximum Gasteiger partial charge on any atom is 0.330 e. The molecule has 0 saturated carbocycles. The van der Waals surface area contributed by atoms with Crippen molar-refractivity contribution in [2.75, 3.05) is 0 Å². The van der Waals surface area contributed by atoms with Gasteiger partial charge in [0.05, 0.1) is 0 Å². The zero-order valence-electron chi connectivity index (χ0n) is 8.37. The lowest BCUT2D eigenvalue weighted by atomic mass is 10.0. The van der Waals surface area contributed by atoms with Crippen LogP contribution >= 0.6 is 12.4 Å². The number of hydrogen-bond acceptors (Lipinski definition) is 4. The van der Waals surface area contributed by atoms with Gasteiger partial charge in [-0.3, -0.25) is 0 Å². The van der Waals surface area contributed by atoms with E-state index in [0.29, 0.717) is 0 Å². The fourth-order valence-corrected chi connectivity index (χ4v) is 0.374. The lowest BCUT2D eigenvalue weighted by Gasteiger charge is -2.26. The highest BCUT2D eigenvalue weighted by atomic mass is 35.5. The van der Waals surface area contributed by atoms with Crippen molar-refractivity contribution in [1.82, 2.24) is 6.15 Å². The molecule has 0 rings (SSSR count). The third kappa shape index (κ3) is 7.77. The number of halogens is 1. The molecule has 13 heavy (non-hydrogen) atoms. The summed E-state index contributed by atoms with van der Waals surface area (Å²) >= 11 is 0. The Morgan fingerprint density at radius 3 is 2.23 bits per heavy atom. The van der Waals surface area contributed by atoms with Crippen LogP contribution in [0, 0.1) is 0 Å². The third-order valence-electron chi connectivity index (χ3n) is 1.51. The fraction of sp³-hybridized carbons (Fsp3) is 0.625. The van der Waals surface area contributed by atoms with Gasteiger partial charge in [-0.1, -0.05) is 6.58 Å². The van der Waals surface area contributed by atoms with Crippen LogP contribution in [-0.2, 0) is 9.53 Å². The van der Waals surface area contributed by atoms with Gasteiger partial charge in [0.15, 0.2) is 0 Å². The van der Waals surface area contributed by atoms with Crippen LogP contribution in [0.5, 0.6) is 0 Å². The molecule has 4 nitrogen and oxygen atoms in total. The zero-order valence-corrected chi connectivity index (χ0v) is 9.19. The van der Waals surface area contributed by atoms with E-state index in [-0.39, 0.29) is 24.7 Å². The van der Waals surface area contributed by atoms with Gasteiger partial charge in [-0.15, -0.1) is 12.4 Å². The van der Waals surface area contributed by atoms with E-state index >= 15 is 0 Å². The van der Waals surface area contributed by atoms with Gasteiger partial charge in [0.2, 0.25) is 0 Å². The molecule has 0 radical (unpaired) electrons. The second kappa shape index (κ2) is 6.88. The summed E-state index contributed by atoms with van der Waals surface area (Å²) in [6, 6.07) is 0. The SMILES string of the molecule is C=CC(=O)OC(C)C(C)(C)N.Cl.N. The van der Waals surface area contributed by atoms with Crippen LogP contribution in [0.15, 0.2) is 12.7 Å². The molecular formula is C8H19ClN2O2. The Hall–Kier alpha value is -0.580. The molecule has 0 heterocycles. The van der Waals surface area contributed by atoms with Gasteiger partial charge < -0.3 is 16.6 Å². The van der Waals surface area contributed by atoms with Crippen molar-refractivity contribution in [1.29, 1.82) is 0 Å². The monoisotopic (exact) mass is 210 g/mol. The van der Waals surface area contributed by atoms with E-state index in [2.05, 4.69) is 6.58 Å². The van der Waals surface area contributed by atoms with Crippen LogP contribution < -0.4 is 11.9 Å². The van der Waals surface area contributed by atoms with E-state index < -0.39 is 11.5 Å². The number of carbonyl (C=O) groups excluding carboxylic acids is 1. The Kier molecular flexibility index (Phi) is 9.67. The molecule has 5 N–H and O–H groups in total. The molecule has 0 saturated heterocycles. The molecule has 0 aliphatic rings. The van der Waals surface area contributed by atoms with Crippen LogP contribution in [0.3, 0.4) is 0 Å². The van der Waals surface area contributed by atoms with Crippen molar-refractivity contribution >= 4 is 18.4 Å². The summed E-state index contributed by atoms with van der Waals surface area (Å²) in [7, 11) is 0. The molecule has 0 fully saturated rings. The maximum atomic E-state index is 10.7. The standard InChI is InChI=1S/C8H15NO2.ClH.H3N/c1-5-7(10)11-6(2)8(3,4)9;;/h5-6H,1,9H2,2-4H3;1H;1H3. The summed E-state index contributed by atoms with van der Waals surface area (Å²) in [6.07, 6.45) is 0.829. The molecule has 1 unspecified atom stereocenters. The first-order valence-corrected chi connectivity index (χ1v) is 3.50. The average molecular weight is 211 g/mol. The Morgan fingerprint density at radius 2 is 2.00 bits per heavy atom. The van der Waals surface area contributed by atoms with Crippen molar-refractivity contribution in [3.8, 4) is 0 Å². The van der Waals surface area contributed by atoms with E-state index in [0.717, 1.165) is 6.08 Å². The van der Waals surface area contributed by atoms with E-state index in [4.69, 9.17) is 10.5 Å². The van der Waals surface area contributed by atoms with Gasteiger partial charge >= 0.3 is 5.97 Å². The summed E-state index contributed by atoms with van der Waals surface area (Å²) in [5.74, 6) is -0.434. The topological polar surface area (TPSA) is 87.3 Å². The second-order valence-corrected chi connectivity index (χ2v) is 3.10. The molecule has 0 spiro atoms. The van der Waals surface area contributed by atoms with Crippen LogP contribution in [-0.4, -0.2) is 17.6 Å². The predicted molar refractivity (Wildman–Crippen MR) is 56.3 cm³/mol. The summed E-state index contributed by atoms with van der Waals surface area (Å²) < 4.78 is 4.88. The number of esters is 1. The first-order chi connectivity index (χ1) is 4.88. The molecule has 0 aromatic rings. The molecule has 80 valence electrons. The molecule has 0 aliphatic carbocycles. The van der Waals surface area contributed by atoms with Gasteiger partial charge in [0, 0.05) is 11.6 Å². The van der Waals surface area contributed by atoms with Gasteiger partial charge in [-0.05, 0) is 20.8 Å². The normalized spacial score (nSPS) is 11.7. The molecule has 0 amide bonds. The molecule has 0 aromatic carbocycles. The fourth-order valence-electron chi connectivity index (χ4n) is 0.374. The summed E-state index contributed by atoms with van der Waals surface area (Å²) in [6.45, 7) is 8.63. The van der Waals surface area contributed by atoms with Crippen LogP contribution in [0.4, 0.5) is 0 Å². The van der Waals surface area contributed by atoms with Gasteiger partial charge in [-0.2, -0.15) is 0 Å². The van der Waals surface area contributed by atoms with Gasteiger partial charge in [0.1, 0.15) is 6.10 Å². The van der Waals surface area contributed by atoms with Gasteiger partial charge in [-0.25, -0.2) is 4.79 Å². The van der Waals surface area contributed by atoms with Crippen molar-refractivity contribution in [2.45, 2.75) is 32.4 Å². The largest absolute Gasteiger partial charge is 0.458 e. The molecule has 0 aliphatic heterocycles. The summed E-state index contributed by atoms with van der Waals surface area (Å²) in [4.78, 5) is 10.7. The number of nitrogens with two attached hydrogens (primary N) is 1. The van der Waals surface area contributed by atoms with E-state index in [9.17, 15) is 4.79 Å². The van der Waals surface area contributed by atoms with E-state index in [1.807, 2.05) is 0 Å². The first-order valence-electron chi connectivity index (χ1n) is 3.50. The molecule has 1 atom stereocenters. The number of hydrogen-bond donors (Lipinski definition) is 2. The van der Waals surface area contributed by atoms with Crippen molar-refractivity contribution in [2.24, 2.45) is 5.73 Å². The molecular weight excluding hydrogens is 192 g/mol. The van der Waals surface area contributed by atoms with Crippen LogP contribution in [0.2, 0.25) is 0 Å². The van der Waals surface area contributed by atoms with Crippen LogP contribution in [0.25, 0.3) is 0 Å². The average Bonchev–Trinajstić information content (AvgIpc) is 1.85. The Morgan fingerprint density at radius 1 is 1.62 bits per heavy atom. The molecule has 5 heteroatoms. The number of carbonyl (C=O) groups is 1. The second-order valence-electron chi connectivity index (χ2n) is 3.10. The van der Waals surface area contributed by atoms with Crippen molar-refractivity contribution < 1.29 is 9.53 Å². The van der Waals surface area contributed by atoms with Crippen molar-refractivity contribution in [3.05, 3.63) is 12.7 Å². The molecule has 0 bridgehead atoms. The highest BCUT2D eigenvalue weighted by molar-refractivity contribution is 5.85. The quantitative estimate of drug-likeness (QED) is 0.545. The Labute approximate surface area is 85.5 Å². The lowest BCUT2D eigenvalue weighted by molar-refractivity contribution is -0.144. The molecule has 0 aromatic heterocycles. The van der Waals surface area contributed by atoms with Crippen LogP contribution in [0.1, 0.15) is 20.8 Å². The van der Waals surface area contributed by atoms with Gasteiger partial charge in [0.25, 0.3) is 0 Å². The minimum atomic E-state index is -0.501. The maximum absolute atomic E-state index is 10.7.